The lowest BCUT2D eigenvalue weighted by atomic mass is 10.1. The molecule has 0 spiro atoms. The molecule has 1 aromatic carbocycles. The van der Waals surface area contributed by atoms with Crippen LogP contribution in [0.2, 0.25) is 5.02 Å². The second kappa shape index (κ2) is 15.4. The first kappa shape index (κ1) is 27.6. The summed E-state index contributed by atoms with van der Waals surface area (Å²) in [5.74, 6) is -0.198. The van der Waals surface area contributed by atoms with Gasteiger partial charge in [-0.1, -0.05) is 30.5 Å². The molecule has 168 valence electrons. The molecular weight excluding hydrogens is 422 g/mol. The van der Waals surface area contributed by atoms with Crippen molar-refractivity contribution in [1.29, 1.82) is 0 Å². The van der Waals surface area contributed by atoms with Crippen molar-refractivity contribution in [3.05, 3.63) is 29.3 Å². The van der Waals surface area contributed by atoms with Crippen LogP contribution in [-0.2, 0) is 14.8 Å². The van der Waals surface area contributed by atoms with E-state index in [0.29, 0.717) is 49.4 Å². The van der Waals surface area contributed by atoms with Crippen LogP contribution in [-0.4, -0.2) is 55.1 Å². The standard InChI is InChI=1S/C19H30ClNO6S.H2O/c20-16-8-7-10-18(14-16)27-15-17(22)9-4-6-13-28(25,26)21-12-5-2-1-3-11-19(23)24;/h7-8,10,14,17,21-22H,1-6,9,11-13,15H2,(H,23,24);1H2. The highest BCUT2D eigenvalue weighted by Crippen LogP contribution is 2.17. The minimum absolute atomic E-state index is 0. The third-order valence-electron chi connectivity index (χ3n) is 4.08. The van der Waals surface area contributed by atoms with Crippen molar-refractivity contribution in [1.82, 2.24) is 4.72 Å². The molecule has 1 aromatic rings. The van der Waals surface area contributed by atoms with Crippen molar-refractivity contribution in [2.45, 2.75) is 57.5 Å². The summed E-state index contributed by atoms with van der Waals surface area (Å²) in [6.07, 6.45) is 3.88. The number of aliphatic hydroxyl groups is 1. The van der Waals surface area contributed by atoms with Gasteiger partial charge in [0.2, 0.25) is 10.0 Å². The molecule has 0 heterocycles. The van der Waals surface area contributed by atoms with E-state index >= 15 is 0 Å². The van der Waals surface area contributed by atoms with E-state index in [-0.39, 0.29) is 24.3 Å². The number of aliphatic carboxylic acids is 1. The van der Waals surface area contributed by atoms with E-state index in [1.807, 2.05) is 0 Å². The Hall–Kier alpha value is -1.39. The van der Waals surface area contributed by atoms with E-state index in [9.17, 15) is 18.3 Å². The molecule has 0 saturated carbocycles. The number of benzene rings is 1. The summed E-state index contributed by atoms with van der Waals surface area (Å²) in [6, 6.07) is 6.92. The van der Waals surface area contributed by atoms with Crippen LogP contribution < -0.4 is 9.46 Å². The van der Waals surface area contributed by atoms with E-state index in [1.54, 1.807) is 24.3 Å². The van der Waals surface area contributed by atoms with Crippen LogP contribution in [0.5, 0.6) is 5.75 Å². The number of rotatable bonds is 16. The number of carboxylic acids is 1. The van der Waals surface area contributed by atoms with Crippen molar-refractivity contribution in [3.8, 4) is 5.75 Å². The fourth-order valence-corrected chi connectivity index (χ4v) is 3.92. The number of halogens is 1. The molecule has 0 aliphatic rings. The van der Waals surface area contributed by atoms with Crippen LogP contribution in [0, 0.1) is 0 Å². The Morgan fingerprint density at radius 3 is 2.55 bits per heavy atom. The molecule has 5 N–H and O–H groups in total. The van der Waals surface area contributed by atoms with Gasteiger partial charge in [-0.05, 0) is 50.3 Å². The highest BCUT2D eigenvalue weighted by atomic mass is 35.5. The number of ether oxygens (including phenoxy) is 1. The summed E-state index contributed by atoms with van der Waals surface area (Å²) in [6.45, 7) is 0.499. The molecular formula is C19H32ClNO7S. The third-order valence-corrected chi connectivity index (χ3v) is 5.78. The first-order valence-corrected chi connectivity index (χ1v) is 11.6. The number of carbonyl (C=O) groups is 1. The van der Waals surface area contributed by atoms with Gasteiger partial charge < -0.3 is 20.4 Å². The van der Waals surface area contributed by atoms with Crippen LogP contribution in [0.4, 0.5) is 0 Å². The highest BCUT2D eigenvalue weighted by molar-refractivity contribution is 7.89. The van der Waals surface area contributed by atoms with Gasteiger partial charge >= 0.3 is 5.97 Å². The quantitative estimate of drug-likeness (QED) is 0.327. The second-order valence-corrected chi connectivity index (χ2v) is 9.05. The molecule has 0 aliphatic carbocycles. The molecule has 0 amide bonds. The number of carboxylic acid groups (broad SMARTS) is 1. The van der Waals surface area contributed by atoms with Gasteiger partial charge in [-0.3, -0.25) is 4.79 Å². The maximum Gasteiger partial charge on any atom is 0.303 e. The summed E-state index contributed by atoms with van der Waals surface area (Å²) in [7, 11) is -3.32. The number of aliphatic hydroxyl groups excluding tert-OH is 1. The van der Waals surface area contributed by atoms with Gasteiger partial charge in [0, 0.05) is 18.0 Å². The minimum atomic E-state index is -3.32. The average molecular weight is 454 g/mol. The van der Waals surface area contributed by atoms with Crippen LogP contribution >= 0.6 is 11.6 Å². The lowest BCUT2D eigenvalue weighted by molar-refractivity contribution is -0.137. The first-order valence-electron chi connectivity index (χ1n) is 9.54. The van der Waals surface area contributed by atoms with Gasteiger partial charge in [0.25, 0.3) is 0 Å². The molecule has 29 heavy (non-hydrogen) atoms. The van der Waals surface area contributed by atoms with Crippen LogP contribution in [0.15, 0.2) is 24.3 Å². The molecule has 0 bridgehead atoms. The number of nitrogens with one attached hydrogen (secondary N) is 1. The zero-order valence-corrected chi connectivity index (χ0v) is 18.1. The molecule has 1 rings (SSSR count). The summed E-state index contributed by atoms with van der Waals surface area (Å²) >= 11 is 5.86. The number of unbranched alkanes of at least 4 members (excludes halogenated alkanes) is 4. The normalized spacial score (nSPS) is 12.2. The largest absolute Gasteiger partial charge is 0.491 e. The Balaban J connectivity index is 0.00000784. The van der Waals surface area contributed by atoms with Crippen molar-refractivity contribution in [2.24, 2.45) is 0 Å². The average Bonchev–Trinajstić information content (AvgIpc) is 2.62. The first-order chi connectivity index (χ1) is 13.3. The van der Waals surface area contributed by atoms with Crippen LogP contribution in [0.1, 0.15) is 51.4 Å². The van der Waals surface area contributed by atoms with Crippen molar-refractivity contribution < 1.29 is 33.6 Å². The maximum atomic E-state index is 11.9. The zero-order chi connectivity index (χ0) is 20.8. The Morgan fingerprint density at radius 1 is 1.14 bits per heavy atom. The predicted octanol–water partition coefficient (Wildman–Crippen LogP) is 2.38. The van der Waals surface area contributed by atoms with E-state index < -0.39 is 22.1 Å². The van der Waals surface area contributed by atoms with Gasteiger partial charge in [0.15, 0.2) is 0 Å². The van der Waals surface area contributed by atoms with Crippen molar-refractivity contribution in [3.63, 3.8) is 0 Å². The van der Waals surface area contributed by atoms with Gasteiger partial charge in [0.05, 0.1) is 11.9 Å². The Kier molecular flexibility index (Phi) is 14.7. The summed E-state index contributed by atoms with van der Waals surface area (Å²) in [5, 5.41) is 19.0. The molecule has 10 heteroatoms. The van der Waals surface area contributed by atoms with Gasteiger partial charge in [-0.2, -0.15) is 0 Å². The maximum absolute atomic E-state index is 11.9. The monoisotopic (exact) mass is 453 g/mol. The third kappa shape index (κ3) is 15.2. The lowest BCUT2D eigenvalue weighted by Gasteiger charge is -2.12. The number of hydrogen-bond donors (Lipinski definition) is 3. The summed E-state index contributed by atoms with van der Waals surface area (Å²) in [5.41, 5.74) is 0. The smallest absolute Gasteiger partial charge is 0.303 e. The molecule has 0 radical (unpaired) electrons. The molecule has 0 fully saturated rings. The van der Waals surface area contributed by atoms with Gasteiger partial charge in [-0.25, -0.2) is 13.1 Å². The van der Waals surface area contributed by atoms with Crippen LogP contribution in [0.3, 0.4) is 0 Å². The highest BCUT2D eigenvalue weighted by Gasteiger charge is 2.11. The van der Waals surface area contributed by atoms with E-state index in [0.717, 1.165) is 12.8 Å². The van der Waals surface area contributed by atoms with E-state index in [4.69, 9.17) is 21.4 Å². The lowest BCUT2D eigenvalue weighted by Crippen LogP contribution is -2.27. The number of sulfonamides is 1. The Bertz CT molecular complexity index is 685. The van der Waals surface area contributed by atoms with E-state index in [1.165, 1.54) is 0 Å². The van der Waals surface area contributed by atoms with Crippen molar-refractivity contribution >= 4 is 27.6 Å². The van der Waals surface area contributed by atoms with Crippen molar-refractivity contribution in [2.75, 3.05) is 18.9 Å². The second-order valence-electron chi connectivity index (χ2n) is 6.69. The molecule has 1 unspecified atom stereocenters. The van der Waals surface area contributed by atoms with E-state index in [2.05, 4.69) is 4.72 Å². The van der Waals surface area contributed by atoms with Crippen LogP contribution in [0.25, 0.3) is 0 Å². The Morgan fingerprint density at radius 2 is 1.86 bits per heavy atom. The topological polar surface area (TPSA) is 144 Å². The molecule has 8 nitrogen and oxygen atoms in total. The minimum Gasteiger partial charge on any atom is -0.491 e. The molecule has 0 saturated heterocycles. The molecule has 0 aliphatic heterocycles. The summed E-state index contributed by atoms with van der Waals surface area (Å²) < 4.78 is 31.8. The van der Waals surface area contributed by atoms with Gasteiger partial charge in [0.1, 0.15) is 12.4 Å². The predicted molar refractivity (Wildman–Crippen MR) is 113 cm³/mol. The SMILES string of the molecule is O.O=C(O)CCCCCCNS(=O)(=O)CCCCC(O)COc1cccc(Cl)c1. The fourth-order valence-electron chi connectivity index (χ4n) is 2.56. The van der Waals surface area contributed by atoms with Gasteiger partial charge in [-0.15, -0.1) is 0 Å². The molecule has 0 aromatic heterocycles. The zero-order valence-electron chi connectivity index (χ0n) is 16.5. The summed E-state index contributed by atoms with van der Waals surface area (Å²) in [4.78, 5) is 10.4. The molecule has 1 atom stereocenters. The Labute approximate surface area is 177 Å². The fraction of sp³-hybridized carbons (Fsp3) is 0.632. The number of hydrogen-bond acceptors (Lipinski definition) is 5.